The minimum atomic E-state index is -3.84. The summed E-state index contributed by atoms with van der Waals surface area (Å²) in [6.45, 7) is 4.61. The average molecular weight is 455 g/mol. The number of hydrogen-bond acceptors (Lipinski definition) is 4. The van der Waals surface area contributed by atoms with E-state index in [1.54, 1.807) is 24.0 Å². The van der Waals surface area contributed by atoms with E-state index in [2.05, 4.69) is 5.32 Å². The molecule has 1 saturated carbocycles. The van der Waals surface area contributed by atoms with Gasteiger partial charge in [-0.1, -0.05) is 37.1 Å². The maximum absolute atomic E-state index is 13.7. The number of amides is 2. The fourth-order valence-electron chi connectivity index (χ4n) is 4.83. The Bertz CT molecular complexity index is 1130. The smallest absolute Gasteiger partial charge is 0.242 e. The minimum Gasteiger partial charge on any atom is -0.351 e. The quantitative estimate of drug-likeness (QED) is 0.719. The van der Waals surface area contributed by atoms with Crippen LogP contribution in [0.4, 0.5) is 5.69 Å². The maximum Gasteiger partial charge on any atom is 0.242 e. The number of carbonyl (C=O) groups excluding carboxylic acids is 2. The summed E-state index contributed by atoms with van der Waals surface area (Å²) in [6.07, 6.45) is 3.56. The molecule has 0 aromatic heterocycles. The topological polar surface area (TPSA) is 83.6 Å². The molecular weight excluding hydrogens is 424 g/mol. The lowest BCUT2D eigenvalue weighted by molar-refractivity contribution is -0.123. The first-order chi connectivity index (χ1) is 15.2. The van der Waals surface area contributed by atoms with Gasteiger partial charge in [0.2, 0.25) is 11.8 Å². The Hall–Kier alpha value is -2.67. The molecular formula is C25H30N2O4S. The second-order valence-corrected chi connectivity index (χ2v) is 11.2. The van der Waals surface area contributed by atoms with Crippen LogP contribution in [0.5, 0.6) is 0 Å². The molecule has 6 nitrogen and oxygen atoms in total. The van der Waals surface area contributed by atoms with E-state index in [9.17, 15) is 18.0 Å². The van der Waals surface area contributed by atoms with Gasteiger partial charge in [0, 0.05) is 25.2 Å². The van der Waals surface area contributed by atoms with Gasteiger partial charge in [0.25, 0.3) is 0 Å². The highest BCUT2D eigenvalue weighted by Gasteiger charge is 2.53. The second kappa shape index (κ2) is 8.70. The van der Waals surface area contributed by atoms with Crippen molar-refractivity contribution in [1.29, 1.82) is 0 Å². The molecule has 0 spiro atoms. The summed E-state index contributed by atoms with van der Waals surface area (Å²) in [5.41, 5.74) is 3.25. The van der Waals surface area contributed by atoms with E-state index >= 15 is 0 Å². The fourth-order valence-corrected chi connectivity index (χ4v) is 7.23. The molecule has 0 unspecified atom stereocenters. The number of hydrogen-bond donors (Lipinski definition) is 1. The Morgan fingerprint density at radius 2 is 1.72 bits per heavy atom. The fraction of sp³-hybridized carbons (Fsp3) is 0.440. The summed E-state index contributed by atoms with van der Waals surface area (Å²) in [7, 11) is -3.84. The van der Waals surface area contributed by atoms with E-state index in [0.29, 0.717) is 24.8 Å². The third-order valence-corrected chi connectivity index (χ3v) is 9.39. The minimum absolute atomic E-state index is 0.130. The molecule has 7 heteroatoms. The van der Waals surface area contributed by atoms with E-state index in [0.717, 1.165) is 42.6 Å². The van der Waals surface area contributed by atoms with E-state index in [1.807, 2.05) is 37.3 Å². The predicted molar refractivity (Wildman–Crippen MR) is 124 cm³/mol. The SMILES string of the molecule is Cc1ccc(C)c(S(=O)(=O)C2(C(=O)NCc3ccc(N4CCCC4=O)cc3)CCCC2)c1. The third kappa shape index (κ3) is 3.94. The van der Waals surface area contributed by atoms with Crippen molar-refractivity contribution in [3.8, 4) is 0 Å². The van der Waals surface area contributed by atoms with E-state index in [4.69, 9.17) is 0 Å². The lowest BCUT2D eigenvalue weighted by atomic mass is 10.1. The monoisotopic (exact) mass is 454 g/mol. The van der Waals surface area contributed by atoms with Gasteiger partial charge >= 0.3 is 0 Å². The first-order valence-electron chi connectivity index (χ1n) is 11.2. The summed E-state index contributed by atoms with van der Waals surface area (Å²) in [4.78, 5) is 27.3. The molecule has 2 aliphatic rings. The lowest BCUT2D eigenvalue weighted by Crippen LogP contribution is -2.50. The lowest BCUT2D eigenvalue weighted by Gasteiger charge is -2.28. The molecule has 170 valence electrons. The standard InChI is InChI=1S/C25H30N2O4S/c1-18-7-8-19(2)22(16-18)32(30,31)25(13-3-4-14-25)24(29)26-17-20-9-11-21(12-10-20)27-15-5-6-23(27)28/h7-12,16H,3-6,13-15,17H2,1-2H3,(H,26,29). The molecule has 2 fully saturated rings. The number of carbonyl (C=O) groups is 2. The van der Waals surface area contributed by atoms with Crippen molar-refractivity contribution in [3.63, 3.8) is 0 Å². The summed E-state index contributed by atoms with van der Waals surface area (Å²) in [6, 6.07) is 12.9. The largest absolute Gasteiger partial charge is 0.351 e. The van der Waals surface area contributed by atoms with E-state index in [-0.39, 0.29) is 17.3 Å². The molecule has 0 atom stereocenters. The van der Waals surface area contributed by atoms with Crippen molar-refractivity contribution in [1.82, 2.24) is 5.32 Å². The number of aryl methyl sites for hydroxylation is 2. The van der Waals surface area contributed by atoms with Crippen LogP contribution in [-0.4, -0.2) is 31.5 Å². The van der Waals surface area contributed by atoms with Gasteiger partial charge in [-0.15, -0.1) is 0 Å². The van der Waals surface area contributed by atoms with Gasteiger partial charge in [-0.05, 0) is 68.0 Å². The van der Waals surface area contributed by atoms with Crippen molar-refractivity contribution >= 4 is 27.3 Å². The summed E-state index contributed by atoms with van der Waals surface area (Å²) < 4.78 is 26.0. The molecule has 2 amide bonds. The number of nitrogens with one attached hydrogen (secondary N) is 1. The zero-order valence-corrected chi connectivity index (χ0v) is 19.5. The number of nitrogens with zero attached hydrogens (tertiary/aromatic N) is 1. The van der Waals surface area contributed by atoms with Gasteiger partial charge in [-0.25, -0.2) is 8.42 Å². The Morgan fingerprint density at radius 3 is 2.34 bits per heavy atom. The summed E-state index contributed by atoms with van der Waals surface area (Å²) >= 11 is 0. The Kier molecular flexibility index (Phi) is 6.12. The van der Waals surface area contributed by atoms with Gasteiger partial charge < -0.3 is 10.2 Å². The highest BCUT2D eigenvalue weighted by molar-refractivity contribution is 7.93. The molecule has 1 heterocycles. The second-order valence-electron chi connectivity index (χ2n) is 8.97. The third-order valence-electron chi connectivity index (χ3n) is 6.75. The molecule has 1 aliphatic carbocycles. The summed E-state index contributed by atoms with van der Waals surface area (Å²) in [5.74, 6) is -0.291. The van der Waals surface area contributed by atoms with E-state index < -0.39 is 20.5 Å². The van der Waals surface area contributed by atoms with Crippen molar-refractivity contribution in [2.45, 2.75) is 68.6 Å². The molecule has 0 bridgehead atoms. The Balaban J connectivity index is 1.53. The Labute approximate surface area is 189 Å². The number of rotatable bonds is 6. The zero-order valence-electron chi connectivity index (χ0n) is 18.7. The van der Waals surface area contributed by atoms with Crippen LogP contribution in [0.3, 0.4) is 0 Å². The number of benzene rings is 2. The molecule has 2 aromatic carbocycles. The average Bonchev–Trinajstić information content (AvgIpc) is 3.44. The van der Waals surface area contributed by atoms with Crippen LogP contribution < -0.4 is 10.2 Å². The molecule has 1 N–H and O–H groups in total. The number of sulfone groups is 1. The van der Waals surface area contributed by atoms with Gasteiger partial charge in [0.15, 0.2) is 14.6 Å². The van der Waals surface area contributed by atoms with Crippen molar-refractivity contribution < 1.29 is 18.0 Å². The van der Waals surface area contributed by atoms with Gasteiger partial charge in [-0.2, -0.15) is 0 Å². The van der Waals surface area contributed by atoms with E-state index in [1.165, 1.54) is 0 Å². The van der Waals surface area contributed by atoms with Crippen LogP contribution in [0.25, 0.3) is 0 Å². The van der Waals surface area contributed by atoms with Gasteiger partial charge in [0.1, 0.15) is 0 Å². The van der Waals surface area contributed by atoms with Crippen LogP contribution in [0.1, 0.15) is 55.2 Å². The maximum atomic E-state index is 13.7. The zero-order chi connectivity index (χ0) is 22.9. The number of anilines is 1. The first kappa shape index (κ1) is 22.5. The normalized spacial score (nSPS) is 18.2. The Morgan fingerprint density at radius 1 is 1.03 bits per heavy atom. The molecule has 0 radical (unpaired) electrons. The predicted octanol–water partition coefficient (Wildman–Crippen LogP) is 3.83. The van der Waals surface area contributed by atoms with Gasteiger partial charge in [0.05, 0.1) is 4.90 Å². The first-order valence-corrected chi connectivity index (χ1v) is 12.7. The van der Waals surface area contributed by atoms with Crippen LogP contribution in [-0.2, 0) is 26.0 Å². The molecule has 2 aromatic rings. The molecule has 4 rings (SSSR count). The van der Waals surface area contributed by atoms with Gasteiger partial charge in [-0.3, -0.25) is 9.59 Å². The van der Waals surface area contributed by atoms with Crippen molar-refractivity contribution in [2.75, 3.05) is 11.4 Å². The molecule has 1 saturated heterocycles. The molecule has 32 heavy (non-hydrogen) atoms. The van der Waals surface area contributed by atoms with Crippen molar-refractivity contribution in [2.24, 2.45) is 0 Å². The van der Waals surface area contributed by atoms with Crippen LogP contribution in [0, 0.1) is 13.8 Å². The highest BCUT2D eigenvalue weighted by atomic mass is 32.2. The highest BCUT2D eigenvalue weighted by Crippen LogP contribution is 2.42. The van der Waals surface area contributed by atoms with Crippen LogP contribution >= 0.6 is 0 Å². The van der Waals surface area contributed by atoms with Crippen LogP contribution in [0.15, 0.2) is 47.4 Å². The van der Waals surface area contributed by atoms with Crippen molar-refractivity contribution in [3.05, 3.63) is 59.2 Å². The van der Waals surface area contributed by atoms with Crippen LogP contribution in [0.2, 0.25) is 0 Å². The summed E-state index contributed by atoms with van der Waals surface area (Å²) in [5, 5.41) is 2.89. The molecule has 1 aliphatic heterocycles.